The predicted octanol–water partition coefficient (Wildman–Crippen LogP) is -0.319. The van der Waals surface area contributed by atoms with Gasteiger partial charge in [-0.2, -0.15) is 5.10 Å². The van der Waals surface area contributed by atoms with Crippen molar-refractivity contribution in [1.82, 2.24) is 39.2 Å². The Balaban J connectivity index is 1.36. The van der Waals surface area contributed by atoms with E-state index in [1.165, 1.54) is 0 Å². The number of carbonyl (C=O) groups excluding carboxylic acids is 2. The van der Waals surface area contributed by atoms with Gasteiger partial charge in [0.1, 0.15) is 0 Å². The number of likely N-dealkylation sites (tertiary alicyclic amines) is 2. The summed E-state index contributed by atoms with van der Waals surface area (Å²) in [5.41, 5.74) is 1.62. The summed E-state index contributed by atoms with van der Waals surface area (Å²) in [5.74, 6) is 0.233. The molecule has 2 aliphatic rings. The van der Waals surface area contributed by atoms with E-state index in [9.17, 15) is 14.7 Å². The summed E-state index contributed by atoms with van der Waals surface area (Å²) in [6.07, 6.45) is 3.32. The number of fused-ring (bicyclic) bond motifs is 2. The van der Waals surface area contributed by atoms with E-state index in [4.69, 9.17) is 0 Å². The zero-order valence-electron chi connectivity index (χ0n) is 17.7. The molecule has 0 aliphatic carbocycles. The van der Waals surface area contributed by atoms with E-state index in [1.807, 2.05) is 13.8 Å². The average Bonchev–Trinajstić information content (AvgIpc) is 3.48. The van der Waals surface area contributed by atoms with Gasteiger partial charge in [0.2, 0.25) is 5.82 Å². The highest BCUT2D eigenvalue weighted by molar-refractivity contribution is 5.95. The molecule has 2 fully saturated rings. The molecule has 3 aromatic rings. The van der Waals surface area contributed by atoms with Crippen LogP contribution in [0.1, 0.15) is 32.4 Å². The van der Waals surface area contributed by atoms with E-state index < -0.39 is 5.41 Å². The molecule has 11 nitrogen and oxygen atoms in total. The summed E-state index contributed by atoms with van der Waals surface area (Å²) in [5, 5.41) is 22.5. The van der Waals surface area contributed by atoms with Gasteiger partial charge < -0.3 is 14.9 Å². The fraction of sp³-hybridized carbons (Fsp3) is 0.500. The third-order valence-electron chi connectivity index (χ3n) is 6.72. The predicted molar refractivity (Wildman–Crippen MR) is 108 cm³/mol. The fourth-order valence-corrected chi connectivity index (χ4v) is 4.75. The van der Waals surface area contributed by atoms with Crippen LogP contribution in [0.3, 0.4) is 0 Å². The van der Waals surface area contributed by atoms with Gasteiger partial charge in [-0.1, -0.05) is 0 Å². The first-order chi connectivity index (χ1) is 14.8. The molecular weight excluding hydrogens is 400 g/mol. The van der Waals surface area contributed by atoms with Crippen molar-refractivity contribution in [2.45, 2.75) is 13.8 Å². The Labute approximate surface area is 178 Å². The number of hydrogen-bond acceptors (Lipinski definition) is 7. The number of aryl methyl sites for hydroxylation is 2. The van der Waals surface area contributed by atoms with Gasteiger partial charge in [-0.3, -0.25) is 18.7 Å². The molecule has 162 valence electrons. The smallest absolute Gasteiger partial charge is 0.292 e. The summed E-state index contributed by atoms with van der Waals surface area (Å²) < 4.78 is 3.25. The highest BCUT2D eigenvalue weighted by Gasteiger charge is 2.54. The Morgan fingerprint density at radius 2 is 1.87 bits per heavy atom. The van der Waals surface area contributed by atoms with Gasteiger partial charge in [0.15, 0.2) is 0 Å². The molecule has 2 amide bonds. The molecule has 31 heavy (non-hydrogen) atoms. The van der Waals surface area contributed by atoms with E-state index in [1.54, 1.807) is 44.4 Å². The SMILES string of the molecule is Cc1ccn2c(C(=O)N3C[C@H]4CN(C(=O)c5cnn(C)c5C)C[C@@]4(CO)C3)nnc2n1. The summed E-state index contributed by atoms with van der Waals surface area (Å²) in [4.78, 5) is 34.0. The van der Waals surface area contributed by atoms with Crippen LogP contribution in [0.2, 0.25) is 0 Å². The third kappa shape index (κ3) is 2.91. The molecule has 2 atom stereocenters. The first kappa shape index (κ1) is 19.6. The number of rotatable bonds is 3. The highest BCUT2D eigenvalue weighted by atomic mass is 16.3. The maximum absolute atomic E-state index is 13.2. The van der Waals surface area contributed by atoms with E-state index in [-0.39, 0.29) is 30.2 Å². The second-order valence-corrected chi connectivity index (χ2v) is 8.62. The molecule has 2 saturated heterocycles. The number of nitrogens with zero attached hydrogens (tertiary/aromatic N) is 8. The molecule has 11 heteroatoms. The maximum atomic E-state index is 13.2. The molecule has 0 bridgehead atoms. The topological polar surface area (TPSA) is 122 Å². The minimum atomic E-state index is -0.545. The average molecular weight is 424 g/mol. The van der Waals surface area contributed by atoms with Crippen LogP contribution in [0, 0.1) is 25.2 Å². The molecule has 0 radical (unpaired) electrons. The monoisotopic (exact) mass is 424 g/mol. The molecule has 0 saturated carbocycles. The summed E-state index contributed by atoms with van der Waals surface area (Å²) in [6.45, 7) is 5.30. The van der Waals surface area contributed by atoms with Crippen molar-refractivity contribution in [3.63, 3.8) is 0 Å². The third-order valence-corrected chi connectivity index (χ3v) is 6.72. The summed E-state index contributed by atoms with van der Waals surface area (Å²) >= 11 is 0. The fourth-order valence-electron chi connectivity index (χ4n) is 4.75. The van der Waals surface area contributed by atoms with Crippen LogP contribution in [-0.4, -0.2) is 88.9 Å². The summed E-state index contributed by atoms with van der Waals surface area (Å²) in [6, 6.07) is 1.80. The van der Waals surface area contributed by atoms with Crippen molar-refractivity contribution >= 4 is 17.6 Å². The Morgan fingerprint density at radius 3 is 2.48 bits per heavy atom. The normalized spacial score (nSPS) is 23.0. The van der Waals surface area contributed by atoms with Crippen molar-refractivity contribution in [2.24, 2.45) is 18.4 Å². The lowest BCUT2D eigenvalue weighted by Gasteiger charge is -2.27. The van der Waals surface area contributed by atoms with Crippen LogP contribution in [0.4, 0.5) is 0 Å². The van der Waals surface area contributed by atoms with Crippen LogP contribution < -0.4 is 0 Å². The number of amides is 2. The lowest BCUT2D eigenvalue weighted by atomic mass is 9.82. The van der Waals surface area contributed by atoms with Crippen LogP contribution in [0.5, 0.6) is 0 Å². The number of carbonyl (C=O) groups is 2. The quantitative estimate of drug-likeness (QED) is 0.612. The summed E-state index contributed by atoms with van der Waals surface area (Å²) in [7, 11) is 1.80. The van der Waals surface area contributed by atoms with Gasteiger partial charge >= 0.3 is 0 Å². The van der Waals surface area contributed by atoms with Crippen molar-refractivity contribution < 1.29 is 14.7 Å². The van der Waals surface area contributed by atoms with Gasteiger partial charge in [0.05, 0.1) is 18.4 Å². The Kier molecular flexibility index (Phi) is 4.33. The Bertz CT molecular complexity index is 1200. The molecule has 0 spiro atoms. The van der Waals surface area contributed by atoms with Crippen LogP contribution >= 0.6 is 0 Å². The van der Waals surface area contributed by atoms with Crippen LogP contribution in [0.25, 0.3) is 5.78 Å². The number of hydrogen-bond donors (Lipinski definition) is 1. The molecule has 0 aromatic carbocycles. The molecule has 3 aromatic heterocycles. The van der Waals surface area contributed by atoms with Gasteiger partial charge in [0, 0.05) is 62.1 Å². The maximum Gasteiger partial charge on any atom is 0.292 e. The molecule has 1 N–H and O–H groups in total. The standard InChI is InChI=1S/C20H24N8O3/c1-12-4-5-28-16(23-24-19(28)22-12)18(31)27-8-14-7-26(9-20(14,10-27)11-29)17(30)15-6-21-25(3)13(15)2/h4-6,14,29H,7-11H2,1-3H3/t14-,20+/m1/s1. The van der Waals surface area contributed by atoms with Gasteiger partial charge in [-0.05, 0) is 19.9 Å². The first-order valence-corrected chi connectivity index (χ1v) is 10.2. The molecule has 5 heterocycles. The molecule has 5 rings (SSSR count). The molecular formula is C20H24N8O3. The Hall–Kier alpha value is -3.34. The van der Waals surface area contributed by atoms with E-state index >= 15 is 0 Å². The number of aliphatic hydroxyl groups excluding tert-OH is 1. The van der Waals surface area contributed by atoms with Gasteiger partial charge in [0.25, 0.3) is 17.6 Å². The van der Waals surface area contributed by atoms with Crippen LogP contribution in [-0.2, 0) is 7.05 Å². The van der Waals surface area contributed by atoms with E-state index in [0.29, 0.717) is 37.5 Å². The van der Waals surface area contributed by atoms with E-state index in [2.05, 4.69) is 20.3 Å². The second-order valence-electron chi connectivity index (χ2n) is 8.62. The number of aliphatic hydroxyl groups is 1. The van der Waals surface area contributed by atoms with Crippen molar-refractivity contribution in [2.75, 3.05) is 32.8 Å². The van der Waals surface area contributed by atoms with Gasteiger partial charge in [-0.15, -0.1) is 10.2 Å². The van der Waals surface area contributed by atoms with E-state index in [0.717, 1.165) is 11.4 Å². The second kappa shape index (κ2) is 6.84. The van der Waals surface area contributed by atoms with Crippen LogP contribution in [0.15, 0.2) is 18.5 Å². The minimum Gasteiger partial charge on any atom is -0.396 e. The zero-order valence-corrected chi connectivity index (χ0v) is 17.7. The Morgan fingerprint density at radius 1 is 1.16 bits per heavy atom. The number of aromatic nitrogens is 6. The lowest BCUT2D eigenvalue weighted by Crippen LogP contribution is -2.41. The first-order valence-electron chi connectivity index (χ1n) is 10.2. The van der Waals surface area contributed by atoms with Gasteiger partial charge in [-0.25, -0.2) is 4.98 Å². The van der Waals surface area contributed by atoms with Crippen molar-refractivity contribution in [1.29, 1.82) is 0 Å². The van der Waals surface area contributed by atoms with Crippen molar-refractivity contribution in [3.05, 3.63) is 41.2 Å². The molecule has 2 aliphatic heterocycles. The molecule has 0 unspecified atom stereocenters. The largest absolute Gasteiger partial charge is 0.396 e. The zero-order chi connectivity index (χ0) is 21.9. The lowest BCUT2D eigenvalue weighted by molar-refractivity contribution is 0.0659. The van der Waals surface area contributed by atoms with Crippen molar-refractivity contribution in [3.8, 4) is 0 Å². The minimum absolute atomic E-state index is 0.0121. The highest BCUT2D eigenvalue weighted by Crippen LogP contribution is 2.43.